The average Bonchev–Trinajstić information content (AvgIpc) is 2.90. The van der Waals surface area contributed by atoms with Crippen molar-refractivity contribution in [3.05, 3.63) is 41.7 Å². The van der Waals surface area contributed by atoms with E-state index in [2.05, 4.69) is 38.0 Å². The summed E-state index contributed by atoms with van der Waals surface area (Å²) in [6.07, 6.45) is 5.10. The van der Waals surface area contributed by atoms with Crippen LogP contribution in [0.5, 0.6) is 5.75 Å². The Labute approximate surface area is 154 Å². The molecule has 0 unspecified atom stereocenters. The van der Waals surface area contributed by atoms with Gasteiger partial charge in [0.2, 0.25) is 0 Å². The topological polar surface area (TPSA) is 61.7 Å². The van der Waals surface area contributed by atoms with Gasteiger partial charge >= 0.3 is 0 Å². The quantitative estimate of drug-likeness (QED) is 0.910. The van der Waals surface area contributed by atoms with E-state index in [4.69, 9.17) is 4.74 Å². The molecule has 0 spiro atoms. The Morgan fingerprint density at radius 1 is 0.923 bits per heavy atom. The number of rotatable bonds is 3. The maximum Gasteiger partial charge on any atom is 0.134 e. The van der Waals surface area contributed by atoms with E-state index in [1.165, 1.54) is 11.1 Å². The van der Waals surface area contributed by atoms with E-state index in [0.29, 0.717) is 0 Å². The first-order valence-electron chi connectivity index (χ1n) is 9.39. The molecule has 1 fully saturated rings. The van der Waals surface area contributed by atoms with Crippen LogP contribution < -0.4 is 14.5 Å². The lowest BCUT2D eigenvalue weighted by Crippen LogP contribution is -2.36. The highest BCUT2D eigenvalue weighted by atomic mass is 16.5. The van der Waals surface area contributed by atoms with Crippen LogP contribution in [0.3, 0.4) is 0 Å². The summed E-state index contributed by atoms with van der Waals surface area (Å²) in [7, 11) is 1.72. The molecule has 6 nitrogen and oxygen atoms in total. The number of methoxy groups -OCH3 is 1. The monoisotopic (exact) mass is 354 g/mol. The third-order valence-electron chi connectivity index (χ3n) is 5.47. The summed E-state index contributed by atoms with van der Waals surface area (Å²) in [5.74, 6) is 2.88. The van der Waals surface area contributed by atoms with E-state index < -0.39 is 0 Å². The largest absolute Gasteiger partial charge is 0.497 e. The van der Waals surface area contributed by atoms with Gasteiger partial charge in [0.1, 0.15) is 23.7 Å². The molecule has 2 aliphatic heterocycles. The van der Waals surface area contributed by atoms with Crippen molar-refractivity contribution in [2.45, 2.75) is 31.8 Å². The zero-order valence-electron chi connectivity index (χ0n) is 15.3. The summed E-state index contributed by atoms with van der Waals surface area (Å²) in [5.41, 5.74) is 2.76. The van der Waals surface area contributed by atoms with E-state index >= 15 is 0 Å². The van der Waals surface area contributed by atoms with Crippen molar-refractivity contribution in [2.24, 2.45) is 0 Å². The number of hydrogen-bond acceptors (Lipinski definition) is 6. The number of hydrogen-bond donors (Lipinski definition) is 1. The van der Waals surface area contributed by atoms with Crippen LogP contribution in [0.4, 0.5) is 11.6 Å². The first-order chi connectivity index (χ1) is 12.7. The van der Waals surface area contributed by atoms with Crippen molar-refractivity contribution in [1.29, 1.82) is 0 Å². The molecule has 0 radical (unpaired) electrons. The molecule has 0 atom stereocenters. The van der Waals surface area contributed by atoms with Crippen LogP contribution in [0.25, 0.3) is 0 Å². The van der Waals surface area contributed by atoms with Crippen LogP contribution in [0, 0.1) is 0 Å². The number of anilines is 2. The minimum absolute atomic E-state index is 0.173. The van der Waals surface area contributed by atoms with Crippen molar-refractivity contribution >= 4 is 11.6 Å². The van der Waals surface area contributed by atoms with Gasteiger partial charge in [0.25, 0.3) is 0 Å². The van der Waals surface area contributed by atoms with Crippen LogP contribution in [-0.2, 0) is 12.8 Å². The van der Waals surface area contributed by atoms with E-state index in [9.17, 15) is 5.11 Å². The van der Waals surface area contributed by atoms with Gasteiger partial charge in [0.15, 0.2) is 0 Å². The van der Waals surface area contributed by atoms with Crippen LogP contribution in [0.2, 0.25) is 0 Å². The van der Waals surface area contributed by atoms with Crippen LogP contribution in [0.15, 0.2) is 30.6 Å². The van der Waals surface area contributed by atoms with Gasteiger partial charge in [-0.2, -0.15) is 0 Å². The second-order valence-corrected chi connectivity index (χ2v) is 7.07. The highest BCUT2D eigenvalue weighted by Crippen LogP contribution is 2.25. The van der Waals surface area contributed by atoms with Gasteiger partial charge in [-0.05, 0) is 48.9 Å². The standard InChI is InChI=1S/C20H26N4O2/c1-26-18-3-2-15-4-8-23(9-5-16(15)12-18)19-13-20(22-14-21-19)24-10-6-17(25)7-11-24/h2-3,12-14,17,25H,4-11H2,1H3. The second-order valence-electron chi connectivity index (χ2n) is 7.07. The second kappa shape index (κ2) is 7.50. The van der Waals surface area contributed by atoms with E-state index in [1.807, 2.05) is 6.07 Å². The molecule has 6 heteroatoms. The number of piperidine rings is 1. The summed E-state index contributed by atoms with van der Waals surface area (Å²) in [5, 5.41) is 9.71. The average molecular weight is 354 g/mol. The van der Waals surface area contributed by atoms with Gasteiger partial charge in [0, 0.05) is 32.2 Å². The molecule has 138 valence electrons. The van der Waals surface area contributed by atoms with E-state index in [-0.39, 0.29) is 6.10 Å². The maximum atomic E-state index is 9.71. The Morgan fingerprint density at radius 3 is 2.27 bits per heavy atom. The molecule has 4 rings (SSSR count). The molecule has 0 saturated carbocycles. The summed E-state index contributed by atoms with van der Waals surface area (Å²) < 4.78 is 5.37. The molecule has 1 aromatic carbocycles. The Morgan fingerprint density at radius 2 is 1.58 bits per heavy atom. The summed E-state index contributed by atoms with van der Waals surface area (Å²) in [4.78, 5) is 13.6. The summed E-state index contributed by atoms with van der Waals surface area (Å²) in [6, 6.07) is 8.47. The lowest BCUT2D eigenvalue weighted by molar-refractivity contribution is 0.145. The number of aliphatic hydroxyl groups excluding tert-OH is 1. The molecule has 0 aliphatic carbocycles. The first-order valence-corrected chi connectivity index (χ1v) is 9.39. The zero-order valence-corrected chi connectivity index (χ0v) is 15.3. The lowest BCUT2D eigenvalue weighted by Gasteiger charge is -2.31. The van der Waals surface area contributed by atoms with E-state index in [1.54, 1.807) is 13.4 Å². The first kappa shape index (κ1) is 17.1. The number of aromatic nitrogens is 2. The fourth-order valence-electron chi connectivity index (χ4n) is 3.84. The van der Waals surface area contributed by atoms with Gasteiger partial charge < -0.3 is 19.6 Å². The van der Waals surface area contributed by atoms with Gasteiger partial charge in [-0.3, -0.25) is 0 Å². The smallest absolute Gasteiger partial charge is 0.134 e. The Hall–Kier alpha value is -2.34. The zero-order chi connectivity index (χ0) is 17.9. The summed E-state index contributed by atoms with van der Waals surface area (Å²) in [6.45, 7) is 3.59. The van der Waals surface area contributed by atoms with Crippen molar-refractivity contribution < 1.29 is 9.84 Å². The van der Waals surface area contributed by atoms with E-state index in [0.717, 1.165) is 69.2 Å². The van der Waals surface area contributed by atoms with Crippen molar-refractivity contribution in [2.75, 3.05) is 43.1 Å². The maximum absolute atomic E-state index is 9.71. The number of benzene rings is 1. The molecule has 1 aromatic heterocycles. The normalized spacial score (nSPS) is 18.4. The number of aliphatic hydroxyl groups is 1. The van der Waals surface area contributed by atoms with Gasteiger partial charge in [-0.1, -0.05) is 6.07 Å². The van der Waals surface area contributed by atoms with Gasteiger partial charge in [-0.25, -0.2) is 9.97 Å². The van der Waals surface area contributed by atoms with Crippen molar-refractivity contribution in [3.63, 3.8) is 0 Å². The molecule has 1 N–H and O–H groups in total. The molecule has 2 aliphatic rings. The van der Waals surface area contributed by atoms with Crippen LogP contribution in [-0.4, -0.2) is 54.5 Å². The molecule has 2 aromatic rings. The number of ether oxygens (including phenoxy) is 1. The van der Waals surface area contributed by atoms with Gasteiger partial charge in [-0.15, -0.1) is 0 Å². The molecule has 1 saturated heterocycles. The highest BCUT2D eigenvalue weighted by molar-refractivity contribution is 5.51. The number of fused-ring (bicyclic) bond motifs is 1. The molecule has 0 amide bonds. The van der Waals surface area contributed by atoms with Gasteiger partial charge in [0.05, 0.1) is 13.2 Å². The molecule has 3 heterocycles. The minimum atomic E-state index is -0.173. The van der Waals surface area contributed by atoms with Crippen LogP contribution in [0.1, 0.15) is 24.0 Å². The van der Waals surface area contributed by atoms with Crippen LogP contribution >= 0.6 is 0 Å². The molecule has 26 heavy (non-hydrogen) atoms. The van der Waals surface area contributed by atoms with Crippen molar-refractivity contribution in [1.82, 2.24) is 9.97 Å². The molecular weight excluding hydrogens is 328 g/mol. The Kier molecular flexibility index (Phi) is 4.93. The Balaban J connectivity index is 1.49. The third kappa shape index (κ3) is 3.60. The SMILES string of the molecule is COc1ccc2c(c1)CCN(c1cc(N3CCC(O)CC3)ncn1)CC2. The fraction of sp³-hybridized carbons (Fsp3) is 0.500. The highest BCUT2D eigenvalue weighted by Gasteiger charge is 2.20. The third-order valence-corrected chi connectivity index (χ3v) is 5.47. The predicted molar refractivity (Wildman–Crippen MR) is 102 cm³/mol. The predicted octanol–water partition coefficient (Wildman–Crippen LogP) is 2.05. The molecule has 0 bridgehead atoms. The lowest BCUT2D eigenvalue weighted by atomic mass is 10.0. The number of nitrogens with zero attached hydrogens (tertiary/aromatic N) is 4. The Bertz CT molecular complexity index is 759. The minimum Gasteiger partial charge on any atom is -0.497 e. The summed E-state index contributed by atoms with van der Waals surface area (Å²) >= 11 is 0. The van der Waals surface area contributed by atoms with Crippen molar-refractivity contribution in [3.8, 4) is 5.75 Å². The molecular formula is C20H26N4O2. The fourth-order valence-corrected chi connectivity index (χ4v) is 3.84.